The number of hydrogen-bond donors (Lipinski definition) is 2. The molecular weight excluding hydrogens is 207 g/mol. The lowest BCUT2D eigenvalue weighted by atomic mass is 9.99. The molecule has 2 heterocycles. The Morgan fingerprint density at radius 3 is 3.06 bits per heavy atom. The Morgan fingerprint density at radius 2 is 2.25 bits per heavy atom. The van der Waals surface area contributed by atoms with Crippen molar-refractivity contribution < 1.29 is 4.39 Å². The molecule has 0 amide bonds. The molecule has 0 saturated heterocycles. The number of fused-ring (bicyclic) bond motifs is 3. The highest BCUT2D eigenvalue weighted by molar-refractivity contribution is 5.88. The van der Waals surface area contributed by atoms with Gasteiger partial charge in [-0.25, -0.2) is 4.39 Å². The summed E-state index contributed by atoms with van der Waals surface area (Å²) in [7, 11) is 0. The van der Waals surface area contributed by atoms with Crippen LogP contribution in [0, 0.1) is 5.82 Å². The molecule has 1 aliphatic heterocycles. The zero-order valence-corrected chi connectivity index (χ0v) is 8.80. The molecule has 0 aliphatic carbocycles. The zero-order valence-electron chi connectivity index (χ0n) is 8.80. The Balaban J connectivity index is 2.49. The highest BCUT2D eigenvalue weighted by atomic mass is 19.1. The van der Waals surface area contributed by atoms with Crippen LogP contribution in [0.4, 0.5) is 10.1 Å². The molecule has 2 aromatic rings. The number of pyridine rings is 1. The molecule has 2 N–H and O–H groups in total. The van der Waals surface area contributed by atoms with Crippen LogP contribution in [0.5, 0.6) is 0 Å². The molecule has 0 fully saturated rings. The first kappa shape index (κ1) is 9.39. The second-order valence-corrected chi connectivity index (χ2v) is 4.21. The van der Waals surface area contributed by atoms with E-state index in [9.17, 15) is 9.18 Å². The molecule has 1 aliphatic rings. The van der Waals surface area contributed by atoms with E-state index in [1.807, 2.05) is 6.92 Å². The normalized spacial score (nSPS) is 18.5. The summed E-state index contributed by atoms with van der Waals surface area (Å²) in [6.07, 6.45) is 0. The average Bonchev–Trinajstić information content (AvgIpc) is 2.63. The zero-order chi connectivity index (χ0) is 11.3. The molecule has 0 saturated carbocycles. The van der Waals surface area contributed by atoms with E-state index in [1.165, 1.54) is 12.1 Å². The molecule has 4 heteroatoms. The standard InChI is InChI=1S/C12H11FN2O/c1-6-5-14-11-10(6)8-4-7(13)2-3-9(8)15-12(11)16/h2-4,6,14H,5H2,1H3,(H,15,16). The molecule has 0 spiro atoms. The fourth-order valence-corrected chi connectivity index (χ4v) is 2.33. The molecule has 1 aromatic heterocycles. The summed E-state index contributed by atoms with van der Waals surface area (Å²) in [6.45, 7) is 2.76. The Kier molecular flexibility index (Phi) is 1.80. The predicted octanol–water partition coefficient (Wildman–Crippen LogP) is 2.20. The smallest absolute Gasteiger partial charge is 0.272 e. The van der Waals surface area contributed by atoms with Crippen molar-refractivity contribution in [2.45, 2.75) is 12.8 Å². The van der Waals surface area contributed by atoms with Gasteiger partial charge in [0.05, 0.1) is 0 Å². The maximum absolute atomic E-state index is 13.2. The van der Waals surface area contributed by atoms with E-state index in [-0.39, 0.29) is 17.3 Å². The number of anilines is 1. The number of rotatable bonds is 0. The monoisotopic (exact) mass is 218 g/mol. The average molecular weight is 218 g/mol. The molecule has 1 aromatic carbocycles. The van der Waals surface area contributed by atoms with Crippen molar-refractivity contribution in [3.8, 4) is 0 Å². The lowest BCUT2D eigenvalue weighted by Gasteiger charge is -2.07. The van der Waals surface area contributed by atoms with Gasteiger partial charge in [0, 0.05) is 23.4 Å². The van der Waals surface area contributed by atoms with Crippen LogP contribution in [0.1, 0.15) is 18.4 Å². The van der Waals surface area contributed by atoms with E-state index in [0.717, 1.165) is 17.5 Å². The number of H-pyrrole nitrogens is 1. The lowest BCUT2D eigenvalue weighted by molar-refractivity contribution is 0.629. The van der Waals surface area contributed by atoms with Gasteiger partial charge in [-0.15, -0.1) is 0 Å². The van der Waals surface area contributed by atoms with E-state index in [4.69, 9.17) is 0 Å². The highest BCUT2D eigenvalue weighted by Gasteiger charge is 2.23. The second-order valence-electron chi connectivity index (χ2n) is 4.21. The van der Waals surface area contributed by atoms with Crippen LogP contribution in [0.15, 0.2) is 23.0 Å². The maximum atomic E-state index is 13.2. The van der Waals surface area contributed by atoms with Crippen LogP contribution in [-0.2, 0) is 0 Å². The molecule has 1 unspecified atom stereocenters. The van der Waals surface area contributed by atoms with Crippen LogP contribution in [0.2, 0.25) is 0 Å². The van der Waals surface area contributed by atoms with E-state index in [0.29, 0.717) is 11.2 Å². The Hall–Kier alpha value is -1.84. The molecule has 82 valence electrons. The molecule has 0 bridgehead atoms. The Labute approximate surface area is 91.3 Å². The van der Waals surface area contributed by atoms with Crippen molar-refractivity contribution >= 4 is 16.6 Å². The van der Waals surface area contributed by atoms with Crippen molar-refractivity contribution in [3.63, 3.8) is 0 Å². The summed E-state index contributed by atoms with van der Waals surface area (Å²) >= 11 is 0. The fourth-order valence-electron chi connectivity index (χ4n) is 2.33. The molecule has 0 radical (unpaired) electrons. The first-order chi connectivity index (χ1) is 7.66. The molecule has 3 nitrogen and oxygen atoms in total. The van der Waals surface area contributed by atoms with Crippen LogP contribution in [0.3, 0.4) is 0 Å². The van der Waals surface area contributed by atoms with Gasteiger partial charge >= 0.3 is 0 Å². The number of nitrogens with one attached hydrogen (secondary N) is 2. The SMILES string of the molecule is CC1CNc2c1c1cc(F)ccc1[nH]c2=O. The largest absolute Gasteiger partial charge is 0.380 e. The molecule has 3 rings (SSSR count). The van der Waals surface area contributed by atoms with E-state index >= 15 is 0 Å². The number of halogens is 1. The van der Waals surface area contributed by atoms with Crippen molar-refractivity contribution in [1.82, 2.24) is 4.98 Å². The van der Waals surface area contributed by atoms with Crippen molar-refractivity contribution in [2.75, 3.05) is 11.9 Å². The van der Waals surface area contributed by atoms with Crippen molar-refractivity contribution in [3.05, 3.63) is 39.9 Å². The first-order valence-corrected chi connectivity index (χ1v) is 5.26. The van der Waals surface area contributed by atoms with Gasteiger partial charge in [-0.1, -0.05) is 6.92 Å². The van der Waals surface area contributed by atoms with Gasteiger partial charge in [0.1, 0.15) is 11.5 Å². The number of hydrogen-bond acceptors (Lipinski definition) is 2. The second kappa shape index (κ2) is 3.07. The van der Waals surface area contributed by atoms with Crippen molar-refractivity contribution in [2.24, 2.45) is 0 Å². The minimum absolute atomic E-state index is 0.126. The summed E-state index contributed by atoms with van der Waals surface area (Å²) in [6, 6.07) is 4.45. The Morgan fingerprint density at radius 1 is 1.44 bits per heavy atom. The third-order valence-electron chi connectivity index (χ3n) is 3.09. The topological polar surface area (TPSA) is 44.9 Å². The predicted molar refractivity (Wildman–Crippen MR) is 61.4 cm³/mol. The van der Waals surface area contributed by atoms with Gasteiger partial charge in [-0.3, -0.25) is 4.79 Å². The van der Waals surface area contributed by atoms with Gasteiger partial charge in [0.2, 0.25) is 0 Å². The molecule has 16 heavy (non-hydrogen) atoms. The number of aromatic amines is 1. The van der Waals surface area contributed by atoms with Crippen LogP contribution >= 0.6 is 0 Å². The van der Waals surface area contributed by atoms with Crippen molar-refractivity contribution in [1.29, 1.82) is 0 Å². The maximum Gasteiger partial charge on any atom is 0.272 e. The van der Waals surface area contributed by atoms with E-state index in [2.05, 4.69) is 10.3 Å². The molecule has 1 atom stereocenters. The van der Waals surface area contributed by atoms with Gasteiger partial charge in [-0.2, -0.15) is 0 Å². The summed E-state index contributed by atoms with van der Waals surface area (Å²) in [4.78, 5) is 14.5. The summed E-state index contributed by atoms with van der Waals surface area (Å²) < 4.78 is 13.2. The summed E-state index contributed by atoms with van der Waals surface area (Å²) in [5.41, 5.74) is 2.09. The number of benzene rings is 1. The minimum Gasteiger partial charge on any atom is -0.380 e. The van der Waals surface area contributed by atoms with Crippen LogP contribution in [-0.4, -0.2) is 11.5 Å². The third-order valence-corrected chi connectivity index (χ3v) is 3.09. The minimum atomic E-state index is -0.277. The van der Waals surface area contributed by atoms with Gasteiger partial charge in [0.25, 0.3) is 5.56 Å². The highest BCUT2D eigenvalue weighted by Crippen LogP contribution is 2.33. The van der Waals surface area contributed by atoms with Crippen LogP contribution in [0.25, 0.3) is 10.9 Å². The van der Waals surface area contributed by atoms with Gasteiger partial charge in [0.15, 0.2) is 0 Å². The summed E-state index contributed by atoms with van der Waals surface area (Å²) in [5.74, 6) is -0.0394. The van der Waals surface area contributed by atoms with Crippen LogP contribution < -0.4 is 10.9 Å². The van der Waals surface area contributed by atoms with Gasteiger partial charge < -0.3 is 10.3 Å². The molecular formula is C12H11FN2O. The lowest BCUT2D eigenvalue weighted by Crippen LogP contribution is -2.11. The Bertz CT molecular complexity index is 633. The van der Waals surface area contributed by atoms with E-state index < -0.39 is 0 Å². The number of aromatic nitrogens is 1. The van der Waals surface area contributed by atoms with Gasteiger partial charge in [-0.05, 0) is 23.8 Å². The fraction of sp³-hybridized carbons (Fsp3) is 0.250. The third kappa shape index (κ3) is 1.16. The quantitative estimate of drug-likeness (QED) is 0.712. The summed E-state index contributed by atoms with van der Waals surface area (Å²) in [5, 5.41) is 3.86. The van der Waals surface area contributed by atoms with E-state index in [1.54, 1.807) is 6.07 Å². The first-order valence-electron chi connectivity index (χ1n) is 5.26.